The predicted octanol–water partition coefficient (Wildman–Crippen LogP) is 3.80. The molecule has 21 heavy (non-hydrogen) atoms. The Labute approximate surface area is 122 Å². The molecule has 112 valence electrons. The highest BCUT2D eigenvalue weighted by atomic mass is 127. The molecule has 0 bridgehead atoms. The molecular formula is C12H6F3IO5. The van der Waals surface area contributed by atoms with E-state index in [-0.39, 0.29) is 10.8 Å². The number of fused-ring (bicyclic) bond motifs is 1. The van der Waals surface area contributed by atoms with Crippen LogP contribution in [0.3, 0.4) is 0 Å². The zero-order chi connectivity index (χ0) is 15.8. The van der Waals surface area contributed by atoms with Crippen LogP contribution in [0.25, 0.3) is 10.8 Å². The molecule has 0 radical (unpaired) electrons. The molecule has 0 unspecified atom stereocenters. The molecular weight excluding hydrogens is 408 g/mol. The fourth-order valence-corrected chi connectivity index (χ4v) is 3.75. The van der Waals surface area contributed by atoms with Crippen LogP contribution in [0.1, 0.15) is 10.4 Å². The molecule has 0 fully saturated rings. The number of hydrogen-bond acceptors (Lipinski definition) is 4. The van der Waals surface area contributed by atoms with E-state index < -0.39 is 47.0 Å². The number of rotatable bonds is 3. The number of alkyl halides is 3. The number of benzene rings is 2. The second kappa shape index (κ2) is 5.47. The van der Waals surface area contributed by atoms with Crippen LogP contribution in [0.15, 0.2) is 30.3 Å². The van der Waals surface area contributed by atoms with Gasteiger partial charge in [-0.25, -0.2) is 10.9 Å². The molecule has 0 saturated carbocycles. The lowest BCUT2D eigenvalue weighted by Crippen LogP contribution is -2.19. The Hall–Kier alpha value is -1.91. The largest absolute Gasteiger partial charge is 0.573 e. The molecule has 2 rings (SSSR count). The first kappa shape index (κ1) is 15.5. The smallest absolute Gasteiger partial charge is 0.478 e. The summed E-state index contributed by atoms with van der Waals surface area (Å²) in [7, 11) is 0. The summed E-state index contributed by atoms with van der Waals surface area (Å²) in [5, 5.41) is 9.25. The Morgan fingerprint density at radius 3 is 2.33 bits per heavy atom. The van der Waals surface area contributed by atoms with Gasteiger partial charge in [-0.3, -0.25) is 0 Å². The van der Waals surface area contributed by atoms with Gasteiger partial charge >= 0.3 is 32.1 Å². The van der Waals surface area contributed by atoms with Gasteiger partial charge in [-0.05, 0) is 11.5 Å². The number of carboxylic acid groups (broad SMARTS) is 1. The minimum Gasteiger partial charge on any atom is -0.478 e. The molecule has 0 aliphatic carbocycles. The first-order valence-electron chi connectivity index (χ1n) is 5.31. The predicted molar refractivity (Wildman–Crippen MR) is 71.7 cm³/mol. The zero-order valence-corrected chi connectivity index (χ0v) is 12.1. The third-order valence-corrected chi connectivity index (χ3v) is 4.54. The van der Waals surface area contributed by atoms with Crippen LogP contribution in [0.5, 0.6) is 5.75 Å². The summed E-state index contributed by atoms with van der Waals surface area (Å²) in [6.45, 7) is 0. The lowest BCUT2D eigenvalue weighted by Gasteiger charge is -2.14. The fourth-order valence-electron chi connectivity index (χ4n) is 1.84. The summed E-state index contributed by atoms with van der Waals surface area (Å²) in [5.41, 5.74) is -0.999. The van der Waals surface area contributed by atoms with Gasteiger partial charge in [-0.1, -0.05) is 24.3 Å². The maximum atomic E-state index is 12.4. The van der Waals surface area contributed by atoms with Crippen molar-refractivity contribution in [2.75, 3.05) is 0 Å². The van der Waals surface area contributed by atoms with E-state index in [1.54, 1.807) is 0 Å². The van der Waals surface area contributed by atoms with Crippen LogP contribution < -0.4 is 4.74 Å². The second-order valence-corrected chi connectivity index (χ2v) is 6.17. The summed E-state index contributed by atoms with van der Waals surface area (Å²) >= 11 is -4.38. The summed E-state index contributed by atoms with van der Waals surface area (Å²) in [6.07, 6.45) is -5.13. The van der Waals surface area contributed by atoms with Crippen LogP contribution in [0, 0.1) is 3.57 Å². The highest BCUT2D eigenvalue weighted by molar-refractivity contribution is 14.2. The Bertz CT molecular complexity index is 787. The Morgan fingerprint density at radius 2 is 1.81 bits per heavy atom. The molecule has 0 saturated heterocycles. The minimum absolute atomic E-state index is 0.0552. The van der Waals surface area contributed by atoms with Crippen molar-refractivity contribution in [1.29, 1.82) is 0 Å². The number of hydrogen-bond donors (Lipinski definition) is 1. The van der Waals surface area contributed by atoms with E-state index in [9.17, 15) is 24.1 Å². The Balaban J connectivity index is 2.91. The van der Waals surface area contributed by atoms with E-state index in [1.165, 1.54) is 24.3 Å². The molecule has 2 aromatic carbocycles. The molecule has 0 aliphatic heterocycles. The molecule has 0 heterocycles. The molecule has 2 aromatic rings. The third-order valence-electron chi connectivity index (χ3n) is 2.54. The highest BCUT2D eigenvalue weighted by Gasteiger charge is 2.35. The fraction of sp³-hybridized carbons (Fsp3) is 0.0833. The zero-order valence-electron chi connectivity index (χ0n) is 9.98. The number of carbonyl (C=O) groups is 1. The van der Waals surface area contributed by atoms with E-state index in [1.807, 2.05) is 0 Å². The molecule has 5 nitrogen and oxygen atoms in total. The third kappa shape index (κ3) is 3.23. The monoisotopic (exact) mass is 414 g/mol. The molecule has 0 spiro atoms. The second-order valence-electron chi connectivity index (χ2n) is 3.86. The van der Waals surface area contributed by atoms with Gasteiger partial charge in [0.2, 0.25) is 0 Å². The van der Waals surface area contributed by atoms with Crippen LogP contribution in [-0.4, -0.2) is 17.4 Å². The molecule has 9 heteroatoms. The van der Waals surface area contributed by atoms with Crippen molar-refractivity contribution in [3.05, 3.63) is 39.5 Å². The van der Waals surface area contributed by atoms with Gasteiger partial charge in [0.15, 0.2) is 0 Å². The molecule has 0 atom stereocenters. The molecule has 0 aliphatic rings. The SMILES string of the molecule is O=C(O)c1c(OC(F)(F)F)cc2ccccc2c1I(=O)=O. The number of halogens is 4. The van der Waals surface area contributed by atoms with Crippen molar-refractivity contribution in [2.24, 2.45) is 0 Å². The van der Waals surface area contributed by atoms with E-state index in [0.29, 0.717) is 0 Å². The van der Waals surface area contributed by atoms with Crippen molar-refractivity contribution >= 4 is 36.5 Å². The van der Waals surface area contributed by atoms with E-state index in [0.717, 1.165) is 6.07 Å². The molecule has 0 amide bonds. The average molecular weight is 414 g/mol. The summed E-state index contributed by atoms with van der Waals surface area (Å²) in [5.74, 6) is -2.85. The van der Waals surface area contributed by atoms with Crippen molar-refractivity contribution in [3.8, 4) is 5.75 Å². The van der Waals surface area contributed by atoms with Crippen LogP contribution in [0.4, 0.5) is 13.2 Å². The lowest BCUT2D eigenvalue weighted by atomic mass is 10.1. The van der Waals surface area contributed by atoms with Gasteiger partial charge in [0.25, 0.3) is 0 Å². The normalized spacial score (nSPS) is 11.8. The van der Waals surface area contributed by atoms with Gasteiger partial charge in [-0.2, -0.15) is 0 Å². The topological polar surface area (TPSA) is 80.7 Å². The number of carboxylic acids is 1. The van der Waals surface area contributed by atoms with E-state index in [4.69, 9.17) is 5.11 Å². The van der Waals surface area contributed by atoms with Crippen molar-refractivity contribution in [3.63, 3.8) is 0 Å². The summed E-state index contributed by atoms with van der Waals surface area (Å²) < 4.78 is 62.9. The first-order valence-corrected chi connectivity index (χ1v) is 8.15. The Morgan fingerprint density at radius 1 is 1.19 bits per heavy atom. The van der Waals surface area contributed by atoms with Gasteiger partial charge in [0.05, 0.1) is 0 Å². The maximum absolute atomic E-state index is 12.4. The van der Waals surface area contributed by atoms with E-state index in [2.05, 4.69) is 4.74 Å². The van der Waals surface area contributed by atoms with Crippen LogP contribution in [-0.2, 0) is 6.14 Å². The van der Waals surface area contributed by atoms with E-state index >= 15 is 0 Å². The van der Waals surface area contributed by atoms with Gasteiger partial charge in [0, 0.05) is 5.39 Å². The quantitative estimate of drug-likeness (QED) is 0.774. The highest BCUT2D eigenvalue weighted by Crippen LogP contribution is 2.38. The minimum atomic E-state index is -5.13. The first-order chi connectivity index (χ1) is 9.70. The van der Waals surface area contributed by atoms with Gasteiger partial charge in [-0.15, -0.1) is 13.2 Å². The maximum Gasteiger partial charge on any atom is 0.573 e. The average Bonchev–Trinajstić information content (AvgIpc) is 2.34. The molecule has 0 aromatic heterocycles. The van der Waals surface area contributed by atoms with Crippen molar-refractivity contribution in [2.45, 2.75) is 6.36 Å². The number of aromatic carboxylic acids is 1. The van der Waals surface area contributed by atoms with Crippen molar-refractivity contribution in [1.82, 2.24) is 0 Å². The Kier molecular flexibility index (Phi) is 4.03. The lowest BCUT2D eigenvalue weighted by molar-refractivity contribution is -0.274. The van der Waals surface area contributed by atoms with Crippen molar-refractivity contribution < 1.29 is 33.9 Å². The van der Waals surface area contributed by atoms with Crippen LogP contribution in [0.2, 0.25) is 0 Å². The van der Waals surface area contributed by atoms with Gasteiger partial charge < -0.3 is 9.84 Å². The number of ether oxygens (including phenoxy) is 1. The van der Waals surface area contributed by atoms with Crippen LogP contribution >= 0.6 is 19.8 Å². The summed E-state index contributed by atoms with van der Waals surface area (Å²) in [6, 6.07) is 6.50. The standard InChI is InChI=1S/C12H6F3IO5/c13-12(14,15)21-8-5-6-3-1-2-4-7(6)10(16(19)20)9(8)11(17)18/h1-5H,(H,17,18). The summed E-state index contributed by atoms with van der Waals surface area (Å²) in [4.78, 5) is 11.2. The van der Waals surface area contributed by atoms with Gasteiger partial charge in [0.1, 0.15) is 14.9 Å². The molecule has 1 N–H and O–H groups in total.